The van der Waals surface area contributed by atoms with Crippen molar-refractivity contribution < 1.29 is 9.53 Å². The molecule has 0 spiro atoms. The molecule has 0 aliphatic carbocycles. The molecular weight excluding hydrogens is 152 g/mol. The molecule has 1 heterocycles. The van der Waals surface area contributed by atoms with Gasteiger partial charge in [0.25, 0.3) is 0 Å². The fourth-order valence-electron chi connectivity index (χ4n) is 1.13. The van der Waals surface area contributed by atoms with Gasteiger partial charge in [-0.25, -0.2) is 0 Å². The van der Waals surface area contributed by atoms with E-state index in [2.05, 4.69) is 13.2 Å². The lowest BCUT2D eigenvalue weighted by molar-refractivity contribution is -0.140. The molecule has 0 aromatic rings. The van der Waals surface area contributed by atoms with Gasteiger partial charge in [-0.05, 0) is 12.5 Å². The summed E-state index contributed by atoms with van der Waals surface area (Å²) in [6, 6.07) is 0. The van der Waals surface area contributed by atoms with Gasteiger partial charge < -0.3 is 4.74 Å². The van der Waals surface area contributed by atoms with E-state index < -0.39 is 0 Å². The van der Waals surface area contributed by atoms with Gasteiger partial charge >= 0.3 is 5.97 Å². The van der Waals surface area contributed by atoms with Crippen LogP contribution in [0.5, 0.6) is 0 Å². The summed E-state index contributed by atoms with van der Waals surface area (Å²) in [5, 5.41) is 0. The van der Waals surface area contributed by atoms with Gasteiger partial charge in [-0.2, -0.15) is 0 Å². The highest BCUT2D eigenvalue weighted by molar-refractivity contribution is 5.78. The summed E-state index contributed by atoms with van der Waals surface area (Å²) in [6.45, 7) is 7.14. The third kappa shape index (κ3) is 1.84. The van der Waals surface area contributed by atoms with Crippen molar-refractivity contribution in [1.82, 2.24) is 0 Å². The van der Waals surface area contributed by atoms with Crippen molar-refractivity contribution in [3.8, 4) is 0 Å². The standard InChI is InChI=1S/C10H12O2/c1-3-5-8-7-9(6-4-2)12-10(8)11/h3-4,7-8H,1-2,5-6H2. The predicted octanol–water partition coefficient (Wildman–Crippen LogP) is 2.20. The Morgan fingerprint density at radius 2 is 2.25 bits per heavy atom. The molecule has 0 fully saturated rings. The number of rotatable bonds is 4. The number of carbonyl (C=O) groups is 1. The fraction of sp³-hybridized carbons (Fsp3) is 0.300. The fourth-order valence-corrected chi connectivity index (χ4v) is 1.13. The predicted molar refractivity (Wildman–Crippen MR) is 47.3 cm³/mol. The molecule has 0 aromatic carbocycles. The molecule has 64 valence electrons. The molecule has 0 amide bonds. The van der Waals surface area contributed by atoms with E-state index in [0.717, 1.165) is 0 Å². The van der Waals surface area contributed by atoms with Gasteiger partial charge in [0, 0.05) is 6.42 Å². The Hall–Kier alpha value is -1.31. The highest BCUT2D eigenvalue weighted by atomic mass is 16.5. The first-order valence-electron chi connectivity index (χ1n) is 3.92. The van der Waals surface area contributed by atoms with Gasteiger partial charge in [-0.3, -0.25) is 4.79 Å². The number of cyclic esters (lactones) is 1. The van der Waals surface area contributed by atoms with Crippen LogP contribution in [0, 0.1) is 5.92 Å². The maximum Gasteiger partial charge on any atom is 0.318 e. The monoisotopic (exact) mass is 164 g/mol. The van der Waals surface area contributed by atoms with Gasteiger partial charge in [-0.1, -0.05) is 12.2 Å². The van der Waals surface area contributed by atoms with Crippen LogP contribution in [0.4, 0.5) is 0 Å². The van der Waals surface area contributed by atoms with Crippen molar-refractivity contribution >= 4 is 5.97 Å². The lowest BCUT2D eigenvalue weighted by Crippen LogP contribution is -2.06. The first-order chi connectivity index (χ1) is 5.77. The average molecular weight is 164 g/mol. The highest BCUT2D eigenvalue weighted by Crippen LogP contribution is 2.22. The van der Waals surface area contributed by atoms with Crippen molar-refractivity contribution in [3.05, 3.63) is 37.1 Å². The van der Waals surface area contributed by atoms with Crippen LogP contribution in [-0.4, -0.2) is 5.97 Å². The smallest absolute Gasteiger partial charge is 0.318 e. The molecule has 1 atom stereocenters. The number of hydrogen-bond acceptors (Lipinski definition) is 2. The molecule has 0 N–H and O–H groups in total. The quantitative estimate of drug-likeness (QED) is 0.470. The summed E-state index contributed by atoms with van der Waals surface area (Å²) in [7, 11) is 0. The second-order valence-corrected chi connectivity index (χ2v) is 2.68. The summed E-state index contributed by atoms with van der Waals surface area (Å²) < 4.78 is 4.97. The van der Waals surface area contributed by atoms with Crippen LogP contribution >= 0.6 is 0 Å². The van der Waals surface area contributed by atoms with E-state index in [1.165, 1.54) is 0 Å². The second-order valence-electron chi connectivity index (χ2n) is 2.68. The first-order valence-corrected chi connectivity index (χ1v) is 3.92. The van der Waals surface area contributed by atoms with E-state index in [1.54, 1.807) is 12.2 Å². The maximum atomic E-state index is 11.1. The van der Waals surface area contributed by atoms with Crippen molar-refractivity contribution in [2.75, 3.05) is 0 Å². The number of allylic oxidation sites excluding steroid dienone is 2. The summed E-state index contributed by atoms with van der Waals surface area (Å²) in [5.41, 5.74) is 0. The SMILES string of the molecule is C=CCC1=CC(CC=C)C(=O)O1. The van der Waals surface area contributed by atoms with Crippen molar-refractivity contribution in [1.29, 1.82) is 0 Å². The minimum Gasteiger partial charge on any atom is -0.431 e. The third-order valence-corrected chi connectivity index (χ3v) is 1.69. The molecule has 1 aliphatic heterocycles. The first kappa shape index (κ1) is 8.78. The summed E-state index contributed by atoms with van der Waals surface area (Å²) in [4.78, 5) is 11.1. The van der Waals surface area contributed by atoms with E-state index in [-0.39, 0.29) is 11.9 Å². The van der Waals surface area contributed by atoms with Gasteiger partial charge in [0.15, 0.2) is 0 Å². The van der Waals surface area contributed by atoms with Gasteiger partial charge in [0.2, 0.25) is 0 Å². The summed E-state index contributed by atoms with van der Waals surface area (Å²) in [6.07, 6.45) is 6.55. The van der Waals surface area contributed by atoms with E-state index in [4.69, 9.17) is 4.74 Å². The molecule has 0 radical (unpaired) electrons. The Kier molecular flexibility index (Phi) is 2.86. The van der Waals surface area contributed by atoms with Crippen LogP contribution in [0.2, 0.25) is 0 Å². The lowest BCUT2D eigenvalue weighted by atomic mass is 10.1. The van der Waals surface area contributed by atoms with Gasteiger partial charge in [0.05, 0.1) is 5.92 Å². The topological polar surface area (TPSA) is 26.3 Å². The van der Waals surface area contributed by atoms with E-state index in [1.807, 2.05) is 6.08 Å². The summed E-state index contributed by atoms with van der Waals surface area (Å²) >= 11 is 0. The van der Waals surface area contributed by atoms with Crippen LogP contribution in [0.25, 0.3) is 0 Å². The molecule has 1 unspecified atom stereocenters. The van der Waals surface area contributed by atoms with Crippen LogP contribution < -0.4 is 0 Å². The largest absolute Gasteiger partial charge is 0.431 e. The molecule has 0 aromatic heterocycles. The molecule has 1 rings (SSSR count). The number of carbonyl (C=O) groups excluding carboxylic acids is 1. The molecule has 1 aliphatic rings. The number of esters is 1. The normalized spacial score (nSPS) is 21.5. The van der Waals surface area contributed by atoms with Crippen LogP contribution in [0.1, 0.15) is 12.8 Å². The van der Waals surface area contributed by atoms with Crippen LogP contribution in [-0.2, 0) is 9.53 Å². The van der Waals surface area contributed by atoms with Crippen LogP contribution in [0.3, 0.4) is 0 Å². The zero-order chi connectivity index (χ0) is 8.97. The molecule has 0 saturated heterocycles. The Balaban J connectivity index is 2.59. The van der Waals surface area contributed by atoms with Crippen molar-refractivity contribution in [2.45, 2.75) is 12.8 Å². The average Bonchev–Trinajstić information content (AvgIpc) is 2.34. The molecular formula is C10H12O2. The van der Waals surface area contributed by atoms with Gasteiger partial charge in [0.1, 0.15) is 5.76 Å². The Morgan fingerprint density at radius 3 is 2.83 bits per heavy atom. The Morgan fingerprint density at radius 1 is 1.50 bits per heavy atom. The summed E-state index contributed by atoms with van der Waals surface area (Å²) in [5.74, 6) is 0.408. The number of ether oxygens (including phenoxy) is 1. The molecule has 2 heteroatoms. The van der Waals surface area contributed by atoms with Crippen LogP contribution in [0.15, 0.2) is 37.1 Å². The highest BCUT2D eigenvalue weighted by Gasteiger charge is 2.24. The Bertz CT molecular complexity index is 238. The molecule has 0 bridgehead atoms. The Labute approximate surface area is 72.2 Å². The maximum absolute atomic E-state index is 11.1. The molecule has 0 saturated carbocycles. The lowest BCUT2D eigenvalue weighted by Gasteiger charge is -1.98. The third-order valence-electron chi connectivity index (χ3n) is 1.69. The van der Waals surface area contributed by atoms with Crippen molar-refractivity contribution in [3.63, 3.8) is 0 Å². The zero-order valence-electron chi connectivity index (χ0n) is 6.95. The molecule has 2 nitrogen and oxygen atoms in total. The van der Waals surface area contributed by atoms with E-state index in [0.29, 0.717) is 18.6 Å². The van der Waals surface area contributed by atoms with Gasteiger partial charge in [-0.15, -0.1) is 13.2 Å². The second kappa shape index (κ2) is 3.90. The number of hydrogen-bond donors (Lipinski definition) is 0. The van der Waals surface area contributed by atoms with Crippen molar-refractivity contribution in [2.24, 2.45) is 5.92 Å². The minimum atomic E-state index is -0.174. The van der Waals surface area contributed by atoms with E-state index in [9.17, 15) is 4.79 Å². The molecule has 12 heavy (non-hydrogen) atoms. The zero-order valence-corrected chi connectivity index (χ0v) is 6.95. The minimum absolute atomic E-state index is 0.127. The van der Waals surface area contributed by atoms with E-state index >= 15 is 0 Å².